The first kappa shape index (κ1) is 23.5. The Kier molecular flexibility index (Phi) is 4.83. The average molecular weight is 685 g/mol. The molecule has 0 amide bonds. The summed E-state index contributed by atoms with van der Waals surface area (Å²) >= 11 is 0. The van der Waals surface area contributed by atoms with E-state index in [1.165, 1.54) is 75.9 Å². The van der Waals surface area contributed by atoms with E-state index in [2.05, 4.69) is 97.1 Å². The van der Waals surface area contributed by atoms with Crippen molar-refractivity contribution < 1.29 is 21.1 Å². The number of nitrogens with zero attached hydrogens (tertiary/aromatic N) is 1. The molecule has 0 radical (unpaired) electrons. The summed E-state index contributed by atoms with van der Waals surface area (Å²) in [5.74, 6) is 3.52. The number of hydrogen-bond acceptors (Lipinski definition) is 0. The molecule has 4 bridgehead atoms. The molecule has 1 spiro atoms. The Morgan fingerprint density at radius 3 is 2.08 bits per heavy atom. The number of rotatable bonds is 1. The maximum absolute atomic E-state index is 5.00. The number of hydrogen-bond donors (Lipinski definition) is 0. The third-order valence-electron chi connectivity index (χ3n) is 11.3. The summed E-state index contributed by atoms with van der Waals surface area (Å²) in [4.78, 5) is 5.00. The van der Waals surface area contributed by atoms with Gasteiger partial charge in [-0.05, 0) is 123 Å². The molecule has 0 aliphatic heterocycles. The second kappa shape index (κ2) is 8.20. The fourth-order valence-corrected chi connectivity index (χ4v) is 10.1. The minimum Gasteiger partial charge on any atom is -0.657 e. The van der Waals surface area contributed by atoms with Crippen LogP contribution in [0, 0.1) is 23.7 Å². The summed E-state index contributed by atoms with van der Waals surface area (Å²) in [5, 5.41) is 5.14. The van der Waals surface area contributed by atoms with Crippen LogP contribution in [0.4, 0.5) is 0 Å². The molecule has 5 aliphatic rings. The Bertz CT molecular complexity index is 1970. The van der Waals surface area contributed by atoms with Crippen LogP contribution < -0.4 is 4.98 Å². The summed E-state index contributed by atoms with van der Waals surface area (Å²) < 4.78 is 0. The van der Waals surface area contributed by atoms with Crippen LogP contribution in [0.15, 0.2) is 97.1 Å². The van der Waals surface area contributed by atoms with Gasteiger partial charge < -0.3 is 4.98 Å². The second-order valence-electron chi connectivity index (χ2n) is 13.0. The average Bonchev–Trinajstić information content (AvgIpc) is 3.49. The standard InChI is InChI=1S/C38H30N.W/c1-2-6-29-24(5-1)10-14-36-37(29)32-20-25(11-13-35(32)39-36)26-9-12-31-30-7-3-4-8-33(30)38(34(31)21-26)27-16-22-15-23(18-27)19-28(38)17-22;/h1-14,20-23,27-28H,15-19H2;/q-1;. The molecular weight excluding hydrogens is 654 g/mol. The molecular formula is C38H30NW-. The molecule has 194 valence electrons. The number of fused-ring (bicyclic) bond motifs is 8. The van der Waals surface area contributed by atoms with E-state index in [-0.39, 0.29) is 26.5 Å². The molecule has 1 heterocycles. The van der Waals surface area contributed by atoms with Crippen molar-refractivity contribution in [2.45, 2.75) is 37.5 Å². The van der Waals surface area contributed by atoms with Gasteiger partial charge in [0.2, 0.25) is 0 Å². The minimum atomic E-state index is 0. The van der Waals surface area contributed by atoms with E-state index in [0.29, 0.717) is 0 Å². The molecule has 0 atom stereocenters. The fourth-order valence-electron chi connectivity index (χ4n) is 10.1. The van der Waals surface area contributed by atoms with Crippen molar-refractivity contribution in [2.75, 3.05) is 0 Å². The minimum absolute atomic E-state index is 0. The molecule has 0 N–H and O–H groups in total. The van der Waals surface area contributed by atoms with E-state index in [4.69, 9.17) is 4.98 Å². The molecule has 2 heteroatoms. The third kappa shape index (κ3) is 2.87. The largest absolute Gasteiger partial charge is 0.657 e. The molecule has 0 saturated heterocycles. The summed E-state index contributed by atoms with van der Waals surface area (Å²) in [5.41, 5.74) is 11.3. The van der Waals surface area contributed by atoms with Gasteiger partial charge >= 0.3 is 0 Å². The van der Waals surface area contributed by atoms with Gasteiger partial charge in [0.1, 0.15) is 0 Å². The Morgan fingerprint density at radius 2 is 1.23 bits per heavy atom. The molecule has 1 nitrogen and oxygen atoms in total. The quantitative estimate of drug-likeness (QED) is 0.168. The van der Waals surface area contributed by atoms with Gasteiger partial charge in [0.05, 0.1) is 0 Å². The fraction of sp³-hybridized carbons (Fsp3) is 0.263. The van der Waals surface area contributed by atoms with Gasteiger partial charge in [-0.1, -0.05) is 84.9 Å². The Balaban J connectivity index is 0.00000230. The molecule has 11 rings (SSSR count). The Hall–Kier alpha value is -3.15. The van der Waals surface area contributed by atoms with Gasteiger partial charge in [-0.15, -0.1) is 11.0 Å². The summed E-state index contributed by atoms with van der Waals surface area (Å²) in [6.07, 6.45) is 7.20. The van der Waals surface area contributed by atoms with Gasteiger partial charge in [0, 0.05) is 26.5 Å². The SMILES string of the molecule is [W].c1ccc2c(c1)-c1ccc(-c3ccc4[n-]c5ccc6ccccc6c5c4c3)cc1C21C2CC3CC(C2)CC1C3. The van der Waals surface area contributed by atoms with Crippen molar-refractivity contribution in [3.63, 3.8) is 0 Å². The monoisotopic (exact) mass is 684 g/mol. The van der Waals surface area contributed by atoms with E-state index in [9.17, 15) is 0 Å². The summed E-state index contributed by atoms with van der Waals surface area (Å²) in [7, 11) is 0. The first-order valence-corrected chi connectivity index (χ1v) is 14.9. The smallest absolute Gasteiger partial charge is 0.0272 e. The zero-order valence-electron chi connectivity index (χ0n) is 22.4. The predicted octanol–water partition coefficient (Wildman–Crippen LogP) is 9.49. The Labute approximate surface area is 249 Å². The molecule has 4 fully saturated rings. The van der Waals surface area contributed by atoms with Crippen LogP contribution in [0.3, 0.4) is 0 Å². The maximum atomic E-state index is 5.00. The van der Waals surface area contributed by atoms with Crippen LogP contribution in [0.5, 0.6) is 0 Å². The topological polar surface area (TPSA) is 14.1 Å². The van der Waals surface area contributed by atoms with Gasteiger partial charge in [-0.2, -0.15) is 0 Å². The van der Waals surface area contributed by atoms with Crippen molar-refractivity contribution in [3.05, 3.63) is 108 Å². The van der Waals surface area contributed by atoms with Crippen molar-refractivity contribution in [1.29, 1.82) is 0 Å². The summed E-state index contributed by atoms with van der Waals surface area (Å²) in [6.45, 7) is 0. The van der Waals surface area contributed by atoms with E-state index < -0.39 is 0 Å². The van der Waals surface area contributed by atoms with E-state index in [1.54, 1.807) is 11.1 Å². The molecule has 1 aromatic heterocycles. The molecule has 6 aromatic rings. The zero-order valence-corrected chi connectivity index (χ0v) is 25.4. The molecule has 40 heavy (non-hydrogen) atoms. The van der Waals surface area contributed by atoms with Gasteiger partial charge in [-0.3, -0.25) is 0 Å². The maximum Gasteiger partial charge on any atom is 0.0272 e. The van der Waals surface area contributed by atoms with E-state index >= 15 is 0 Å². The molecule has 5 aromatic carbocycles. The number of benzene rings is 5. The van der Waals surface area contributed by atoms with Crippen molar-refractivity contribution >= 4 is 32.6 Å². The zero-order chi connectivity index (χ0) is 25.3. The van der Waals surface area contributed by atoms with Gasteiger partial charge in [0.15, 0.2) is 0 Å². The van der Waals surface area contributed by atoms with Crippen LogP contribution in [-0.4, -0.2) is 0 Å². The molecule has 0 unspecified atom stereocenters. The molecule has 4 saturated carbocycles. The van der Waals surface area contributed by atoms with Gasteiger partial charge in [-0.25, -0.2) is 0 Å². The Morgan fingerprint density at radius 1 is 0.550 bits per heavy atom. The van der Waals surface area contributed by atoms with Crippen molar-refractivity contribution in [1.82, 2.24) is 4.98 Å². The first-order chi connectivity index (χ1) is 19.3. The second-order valence-corrected chi connectivity index (χ2v) is 13.0. The van der Waals surface area contributed by atoms with Crippen LogP contribution >= 0.6 is 0 Å². The van der Waals surface area contributed by atoms with Crippen molar-refractivity contribution in [3.8, 4) is 22.3 Å². The van der Waals surface area contributed by atoms with E-state index in [0.717, 1.165) is 34.7 Å². The summed E-state index contributed by atoms with van der Waals surface area (Å²) in [6, 6.07) is 36.9. The van der Waals surface area contributed by atoms with Crippen LogP contribution in [0.1, 0.15) is 43.2 Å². The molecule has 5 aliphatic carbocycles. The van der Waals surface area contributed by atoms with Crippen LogP contribution in [0.25, 0.3) is 54.8 Å². The van der Waals surface area contributed by atoms with E-state index in [1.807, 2.05) is 0 Å². The van der Waals surface area contributed by atoms with Crippen molar-refractivity contribution in [2.24, 2.45) is 23.7 Å². The van der Waals surface area contributed by atoms with Gasteiger partial charge in [0.25, 0.3) is 0 Å². The number of aromatic nitrogens is 1. The van der Waals surface area contributed by atoms with Crippen LogP contribution in [-0.2, 0) is 26.5 Å². The first-order valence-electron chi connectivity index (χ1n) is 14.9. The van der Waals surface area contributed by atoms with Crippen LogP contribution in [0.2, 0.25) is 0 Å². The third-order valence-corrected chi connectivity index (χ3v) is 11.3. The predicted molar refractivity (Wildman–Crippen MR) is 161 cm³/mol. The normalized spacial score (nSPS) is 27.4.